The molecule has 0 unspecified atom stereocenters. The zero-order valence-electron chi connectivity index (χ0n) is 14.0. The summed E-state index contributed by atoms with van der Waals surface area (Å²) in [6, 6.07) is 7.52. The molecule has 2 aromatic heterocycles. The molecule has 26 heavy (non-hydrogen) atoms. The number of hydrogen-bond acceptors (Lipinski definition) is 4. The molecule has 7 nitrogen and oxygen atoms in total. The minimum Gasteiger partial charge on any atom is -0.471 e. The summed E-state index contributed by atoms with van der Waals surface area (Å²) in [6.45, 7) is 2.58. The minimum atomic E-state index is -0.121. The maximum absolute atomic E-state index is 12.1. The molecule has 3 rings (SSSR count). The topological polar surface area (TPSA) is 74.0 Å². The number of ether oxygens (including phenoxy) is 1. The maximum Gasteiger partial charge on any atom is 0.226 e. The summed E-state index contributed by atoms with van der Waals surface area (Å²) in [5.74, 6) is 0.618. The van der Waals surface area contributed by atoms with Gasteiger partial charge in [-0.25, -0.2) is 4.68 Å². The molecule has 3 aromatic rings. The number of rotatable bonds is 7. The molecule has 0 aliphatic rings. The third-order valence-corrected chi connectivity index (χ3v) is 4.59. The second kappa shape index (κ2) is 8.37. The number of anilines is 1. The van der Waals surface area contributed by atoms with Gasteiger partial charge in [-0.2, -0.15) is 10.2 Å². The Morgan fingerprint density at radius 3 is 2.73 bits per heavy atom. The van der Waals surface area contributed by atoms with E-state index >= 15 is 0 Å². The van der Waals surface area contributed by atoms with Gasteiger partial charge in [0.15, 0.2) is 6.73 Å². The van der Waals surface area contributed by atoms with Crippen molar-refractivity contribution in [2.24, 2.45) is 0 Å². The van der Waals surface area contributed by atoms with Crippen LogP contribution in [-0.2, 0) is 18.1 Å². The predicted molar refractivity (Wildman–Crippen MR) is 102 cm³/mol. The fraction of sp³-hybridized carbons (Fsp3) is 0.235. The highest BCUT2D eigenvalue weighted by atomic mass is 79.9. The summed E-state index contributed by atoms with van der Waals surface area (Å²) in [4.78, 5) is 12.1. The molecule has 0 aliphatic carbocycles. The fourth-order valence-electron chi connectivity index (χ4n) is 2.25. The molecular weight excluding hydrogens is 422 g/mol. The monoisotopic (exact) mass is 437 g/mol. The molecule has 136 valence electrons. The second-order valence-corrected chi connectivity index (χ2v) is 6.92. The molecular formula is C17H17BrClN5O2. The van der Waals surface area contributed by atoms with E-state index in [0.29, 0.717) is 23.7 Å². The van der Waals surface area contributed by atoms with Gasteiger partial charge in [0.05, 0.1) is 41.5 Å². The number of benzene rings is 1. The first-order valence-electron chi connectivity index (χ1n) is 7.90. The molecule has 0 spiro atoms. The number of aromatic nitrogens is 4. The first-order valence-corrected chi connectivity index (χ1v) is 9.07. The SMILES string of the molecule is Cc1c(Cl)cnn1CCC(=O)Nc1cnn(COc2ccc(Br)cc2)c1. The third-order valence-electron chi connectivity index (χ3n) is 3.69. The van der Waals surface area contributed by atoms with Crippen molar-refractivity contribution in [3.63, 3.8) is 0 Å². The average molecular weight is 439 g/mol. The Bertz CT molecular complexity index is 891. The van der Waals surface area contributed by atoms with E-state index in [0.717, 1.165) is 15.9 Å². The highest BCUT2D eigenvalue weighted by molar-refractivity contribution is 9.10. The van der Waals surface area contributed by atoms with E-state index in [9.17, 15) is 4.79 Å². The van der Waals surface area contributed by atoms with E-state index in [1.54, 1.807) is 28.0 Å². The van der Waals surface area contributed by atoms with Crippen molar-refractivity contribution in [3.8, 4) is 5.75 Å². The van der Waals surface area contributed by atoms with Gasteiger partial charge in [-0.3, -0.25) is 9.48 Å². The fourth-order valence-corrected chi connectivity index (χ4v) is 2.66. The average Bonchev–Trinajstić information content (AvgIpc) is 3.20. The van der Waals surface area contributed by atoms with Crippen LogP contribution in [0.15, 0.2) is 47.3 Å². The van der Waals surface area contributed by atoms with Crippen molar-refractivity contribution in [1.82, 2.24) is 19.6 Å². The maximum atomic E-state index is 12.1. The lowest BCUT2D eigenvalue weighted by Gasteiger charge is -2.06. The number of amides is 1. The lowest BCUT2D eigenvalue weighted by atomic mass is 10.3. The normalized spacial score (nSPS) is 10.7. The van der Waals surface area contributed by atoms with Crippen molar-refractivity contribution in [2.45, 2.75) is 26.6 Å². The van der Waals surface area contributed by atoms with Gasteiger partial charge in [0, 0.05) is 10.9 Å². The van der Waals surface area contributed by atoms with Gasteiger partial charge in [-0.15, -0.1) is 0 Å². The number of carbonyl (C=O) groups is 1. The first-order chi connectivity index (χ1) is 12.5. The van der Waals surface area contributed by atoms with Crippen LogP contribution in [0, 0.1) is 6.92 Å². The van der Waals surface area contributed by atoms with Crippen LogP contribution in [0.5, 0.6) is 5.75 Å². The van der Waals surface area contributed by atoms with Crippen LogP contribution in [0.3, 0.4) is 0 Å². The highest BCUT2D eigenvalue weighted by Gasteiger charge is 2.08. The predicted octanol–water partition coefficient (Wildman–Crippen LogP) is 3.87. The summed E-state index contributed by atoms with van der Waals surface area (Å²) >= 11 is 9.32. The molecule has 0 aliphatic heterocycles. The van der Waals surface area contributed by atoms with Gasteiger partial charge < -0.3 is 10.1 Å². The van der Waals surface area contributed by atoms with Crippen molar-refractivity contribution >= 4 is 39.1 Å². The Balaban J connectivity index is 1.47. The van der Waals surface area contributed by atoms with Crippen LogP contribution in [-0.4, -0.2) is 25.5 Å². The molecule has 0 fully saturated rings. The Morgan fingerprint density at radius 2 is 2.04 bits per heavy atom. The molecule has 0 radical (unpaired) electrons. The number of nitrogens with zero attached hydrogens (tertiary/aromatic N) is 4. The van der Waals surface area contributed by atoms with Crippen LogP contribution in [0.4, 0.5) is 5.69 Å². The lowest BCUT2D eigenvalue weighted by Crippen LogP contribution is -2.15. The molecule has 2 heterocycles. The summed E-state index contributed by atoms with van der Waals surface area (Å²) < 4.78 is 9.93. The quantitative estimate of drug-likeness (QED) is 0.608. The van der Waals surface area contributed by atoms with E-state index in [1.165, 1.54) is 0 Å². The zero-order chi connectivity index (χ0) is 18.5. The van der Waals surface area contributed by atoms with E-state index in [-0.39, 0.29) is 12.6 Å². The Hall–Kier alpha value is -2.32. The molecule has 1 aromatic carbocycles. The molecule has 0 saturated carbocycles. The van der Waals surface area contributed by atoms with Crippen LogP contribution in [0.25, 0.3) is 0 Å². The zero-order valence-corrected chi connectivity index (χ0v) is 16.4. The largest absolute Gasteiger partial charge is 0.471 e. The Morgan fingerprint density at radius 1 is 1.27 bits per heavy atom. The number of halogens is 2. The minimum absolute atomic E-state index is 0.121. The summed E-state index contributed by atoms with van der Waals surface area (Å²) in [5.41, 5.74) is 1.46. The van der Waals surface area contributed by atoms with E-state index in [2.05, 4.69) is 31.4 Å². The van der Waals surface area contributed by atoms with Crippen LogP contribution >= 0.6 is 27.5 Å². The van der Waals surface area contributed by atoms with Crippen molar-refractivity contribution in [3.05, 3.63) is 58.0 Å². The molecule has 1 N–H and O–H groups in total. The number of carbonyl (C=O) groups excluding carboxylic acids is 1. The Labute approximate surface area is 164 Å². The standard InChI is InChI=1S/C17H17BrClN5O2/c1-12-16(19)9-21-24(12)7-6-17(25)22-14-8-20-23(10-14)11-26-15-4-2-13(18)3-5-15/h2-5,8-10H,6-7,11H2,1H3,(H,22,25). The summed E-state index contributed by atoms with van der Waals surface area (Å²) in [6.07, 6.45) is 5.16. The van der Waals surface area contributed by atoms with Crippen molar-refractivity contribution < 1.29 is 9.53 Å². The number of aryl methyl sites for hydroxylation is 1. The van der Waals surface area contributed by atoms with E-state index < -0.39 is 0 Å². The van der Waals surface area contributed by atoms with Crippen LogP contribution in [0.1, 0.15) is 12.1 Å². The highest BCUT2D eigenvalue weighted by Crippen LogP contribution is 2.17. The molecule has 0 atom stereocenters. The van der Waals surface area contributed by atoms with Gasteiger partial charge in [0.25, 0.3) is 0 Å². The summed E-state index contributed by atoms with van der Waals surface area (Å²) in [7, 11) is 0. The van der Waals surface area contributed by atoms with E-state index in [4.69, 9.17) is 16.3 Å². The lowest BCUT2D eigenvalue weighted by molar-refractivity contribution is -0.116. The molecule has 0 saturated heterocycles. The van der Waals surface area contributed by atoms with Gasteiger partial charge in [0.1, 0.15) is 5.75 Å². The smallest absolute Gasteiger partial charge is 0.226 e. The first kappa shape index (κ1) is 18.5. The van der Waals surface area contributed by atoms with Gasteiger partial charge in [0.2, 0.25) is 5.91 Å². The Kier molecular flexibility index (Phi) is 5.95. The second-order valence-electron chi connectivity index (χ2n) is 5.60. The third kappa shape index (κ3) is 4.86. The van der Waals surface area contributed by atoms with Gasteiger partial charge in [-0.1, -0.05) is 27.5 Å². The van der Waals surface area contributed by atoms with Gasteiger partial charge in [-0.05, 0) is 31.2 Å². The van der Waals surface area contributed by atoms with Crippen molar-refractivity contribution in [1.29, 1.82) is 0 Å². The van der Waals surface area contributed by atoms with E-state index in [1.807, 2.05) is 31.2 Å². The van der Waals surface area contributed by atoms with Crippen molar-refractivity contribution in [2.75, 3.05) is 5.32 Å². The molecule has 0 bridgehead atoms. The molecule has 1 amide bonds. The number of nitrogens with one attached hydrogen (secondary N) is 1. The van der Waals surface area contributed by atoms with Gasteiger partial charge >= 0.3 is 0 Å². The summed E-state index contributed by atoms with van der Waals surface area (Å²) in [5, 5.41) is 11.7. The molecule has 9 heteroatoms. The number of hydrogen-bond donors (Lipinski definition) is 1. The van der Waals surface area contributed by atoms with Crippen LogP contribution in [0.2, 0.25) is 5.02 Å². The van der Waals surface area contributed by atoms with Crippen LogP contribution < -0.4 is 10.1 Å².